The van der Waals surface area contributed by atoms with Gasteiger partial charge in [0.1, 0.15) is 0 Å². The van der Waals surface area contributed by atoms with Crippen LogP contribution >= 0.6 is 0 Å². The highest BCUT2D eigenvalue weighted by Crippen LogP contribution is 2.29. The van der Waals surface area contributed by atoms with Crippen molar-refractivity contribution in [3.63, 3.8) is 0 Å². The molecule has 0 bridgehead atoms. The molecule has 2 atom stereocenters. The third-order valence-corrected chi connectivity index (χ3v) is 4.54. The van der Waals surface area contributed by atoms with Gasteiger partial charge in [-0.25, -0.2) is 0 Å². The summed E-state index contributed by atoms with van der Waals surface area (Å²) in [6, 6.07) is 2.28. The molecular formula is C16H28N4O. The summed E-state index contributed by atoms with van der Waals surface area (Å²) in [7, 11) is 0. The molecular weight excluding hydrogens is 264 g/mol. The summed E-state index contributed by atoms with van der Waals surface area (Å²) in [5, 5.41) is 7.18. The van der Waals surface area contributed by atoms with E-state index in [-0.39, 0.29) is 5.91 Å². The Kier molecular flexibility index (Phi) is 4.71. The molecule has 0 aromatic carbocycles. The molecule has 1 N–H and O–H groups in total. The van der Waals surface area contributed by atoms with Crippen LogP contribution in [0.2, 0.25) is 0 Å². The Morgan fingerprint density at radius 3 is 2.86 bits per heavy atom. The van der Waals surface area contributed by atoms with Crippen molar-refractivity contribution in [2.24, 2.45) is 11.3 Å². The van der Waals surface area contributed by atoms with E-state index in [1.165, 1.54) is 6.92 Å². The van der Waals surface area contributed by atoms with Crippen molar-refractivity contribution in [3.05, 3.63) is 12.3 Å². The summed E-state index contributed by atoms with van der Waals surface area (Å²) >= 11 is 0. The first-order chi connectivity index (χ1) is 9.75. The number of carbonyl (C=O) groups is 1. The van der Waals surface area contributed by atoms with Gasteiger partial charge in [0.15, 0.2) is 5.82 Å². The number of aromatic nitrogens is 2. The SMILES string of the molecule is CC(=O)Nc1ccn(C2CCN(CC(C)C(C)(C)C)C2)n1. The normalized spacial score (nSPS) is 21.5. The van der Waals surface area contributed by atoms with Gasteiger partial charge in [-0.2, -0.15) is 5.10 Å². The van der Waals surface area contributed by atoms with E-state index < -0.39 is 0 Å². The molecule has 21 heavy (non-hydrogen) atoms. The Balaban J connectivity index is 1.90. The number of nitrogens with one attached hydrogen (secondary N) is 1. The lowest BCUT2D eigenvalue weighted by Gasteiger charge is -2.31. The Labute approximate surface area is 127 Å². The van der Waals surface area contributed by atoms with Gasteiger partial charge in [0.25, 0.3) is 0 Å². The number of hydrogen-bond donors (Lipinski definition) is 1. The minimum Gasteiger partial charge on any atom is -0.309 e. The van der Waals surface area contributed by atoms with Crippen molar-refractivity contribution in [1.29, 1.82) is 0 Å². The van der Waals surface area contributed by atoms with Gasteiger partial charge in [0.2, 0.25) is 5.91 Å². The summed E-state index contributed by atoms with van der Waals surface area (Å²) < 4.78 is 1.99. The molecule has 2 rings (SSSR count). The number of rotatable bonds is 4. The second kappa shape index (κ2) is 6.18. The first-order valence-electron chi connectivity index (χ1n) is 7.81. The van der Waals surface area contributed by atoms with Gasteiger partial charge in [-0.15, -0.1) is 0 Å². The summed E-state index contributed by atoms with van der Waals surface area (Å²) in [6.45, 7) is 14.1. The van der Waals surface area contributed by atoms with Crippen molar-refractivity contribution < 1.29 is 4.79 Å². The van der Waals surface area contributed by atoms with Crippen LogP contribution in [0.1, 0.15) is 47.1 Å². The predicted octanol–water partition coefficient (Wildman–Crippen LogP) is 2.77. The van der Waals surface area contributed by atoms with Gasteiger partial charge in [0.05, 0.1) is 6.04 Å². The molecule has 118 valence electrons. The van der Waals surface area contributed by atoms with E-state index in [1.807, 2.05) is 16.9 Å². The number of hydrogen-bond acceptors (Lipinski definition) is 3. The van der Waals surface area contributed by atoms with Crippen LogP contribution in [0, 0.1) is 11.3 Å². The smallest absolute Gasteiger partial charge is 0.222 e. The van der Waals surface area contributed by atoms with Crippen molar-refractivity contribution in [1.82, 2.24) is 14.7 Å². The van der Waals surface area contributed by atoms with E-state index in [9.17, 15) is 4.79 Å². The van der Waals surface area contributed by atoms with Crippen LogP contribution in [0.4, 0.5) is 5.82 Å². The van der Waals surface area contributed by atoms with Crippen molar-refractivity contribution in [3.8, 4) is 0 Å². The molecule has 5 heteroatoms. The predicted molar refractivity (Wildman–Crippen MR) is 85.2 cm³/mol. The second-order valence-electron chi connectivity index (χ2n) is 7.33. The van der Waals surface area contributed by atoms with E-state index in [2.05, 4.69) is 43.0 Å². The fourth-order valence-electron chi connectivity index (χ4n) is 2.64. The summed E-state index contributed by atoms with van der Waals surface area (Å²) in [5.41, 5.74) is 0.350. The summed E-state index contributed by atoms with van der Waals surface area (Å²) in [5.74, 6) is 1.24. The highest BCUT2D eigenvalue weighted by Gasteiger charge is 2.28. The Morgan fingerprint density at radius 1 is 1.52 bits per heavy atom. The second-order valence-corrected chi connectivity index (χ2v) is 7.33. The topological polar surface area (TPSA) is 50.2 Å². The van der Waals surface area contributed by atoms with Crippen molar-refractivity contribution in [2.45, 2.75) is 47.1 Å². The number of amides is 1. The largest absolute Gasteiger partial charge is 0.309 e. The maximum Gasteiger partial charge on any atom is 0.222 e. The Bertz CT molecular complexity index is 489. The van der Waals surface area contributed by atoms with E-state index >= 15 is 0 Å². The summed E-state index contributed by atoms with van der Waals surface area (Å²) in [6.07, 6.45) is 3.09. The lowest BCUT2D eigenvalue weighted by Crippen LogP contribution is -2.32. The van der Waals surface area contributed by atoms with Gasteiger partial charge in [-0.05, 0) is 17.8 Å². The van der Waals surface area contributed by atoms with E-state index in [0.717, 1.165) is 26.1 Å². The molecule has 1 fully saturated rings. The molecule has 1 saturated heterocycles. The fraction of sp³-hybridized carbons (Fsp3) is 0.750. The standard InChI is InChI=1S/C16H28N4O/c1-12(16(3,4)5)10-19-8-6-14(11-19)20-9-7-15(18-20)17-13(2)21/h7,9,12,14H,6,8,10-11H2,1-5H3,(H,17,18,21). The number of carbonyl (C=O) groups excluding carboxylic acids is 1. The Hall–Kier alpha value is -1.36. The van der Waals surface area contributed by atoms with Crippen LogP contribution in [0.25, 0.3) is 0 Å². The van der Waals surface area contributed by atoms with Gasteiger partial charge >= 0.3 is 0 Å². The zero-order valence-corrected chi connectivity index (χ0v) is 13.9. The van der Waals surface area contributed by atoms with Crippen LogP contribution in [-0.2, 0) is 4.79 Å². The average Bonchev–Trinajstić information content (AvgIpc) is 2.96. The average molecular weight is 292 g/mol. The number of nitrogens with zero attached hydrogens (tertiary/aromatic N) is 3. The molecule has 5 nitrogen and oxygen atoms in total. The molecule has 1 aromatic heterocycles. The molecule has 0 saturated carbocycles. The Morgan fingerprint density at radius 2 is 2.24 bits per heavy atom. The molecule has 1 aromatic rings. The maximum absolute atomic E-state index is 11.0. The molecule has 0 aliphatic carbocycles. The van der Waals surface area contributed by atoms with Crippen molar-refractivity contribution in [2.75, 3.05) is 25.0 Å². The fourth-order valence-corrected chi connectivity index (χ4v) is 2.64. The molecule has 0 radical (unpaired) electrons. The maximum atomic E-state index is 11.0. The zero-order chi connectivity index (χ0) is 15.6. The van der Waals surface area contributed by atoms with Gasteiger partial charge in [-0.1, -0.05) is 27.7 Å². The number of likely N-dealkylation sites (tertiary alicyclic amines) is 1. The summed E-state index contributed by atoms with van der Waals surface area (Å²) in [4.78, 5) is 13.6. The highest BCUT2D eigenvalue weighted by molar-refractivity contribution is 5.87. The minimum atomic E-state index is -0.0766. The highest BCUT2D eigenvalue weighted by atomic mass is 16.1. The molecule has 1 aliphatic rings. The lowest BCUT2D eigenvalue weighted by atomic mass is 9.82. The van der Waals surface area contributed by atoms with E-state index in [4.69, 9.17) is 0 Å². The van der Waals surface area contributed by atoms with Gasteiger partial charge in [0, 0.05) is 38.8 Å². The molecule has 2 heterocycles. The first kappa shape index (κ1) is 16.0. The van der Waals surface area contributed by atoms with Crippen LogP contribution in [-0.4, -0.2) is 40.2 Å². The molecule has 0 spiro atoms. The zero-order valence-electron chi connectivity index (χ0n) is 13.9. The first-order valence-corrected chi connectivity index (χ1v) is 7.81. The quantitative estimate of drug-likeness (QED) is 0.928. The monoisotopic (exact) mass is 292 g/mol. The van der Waals surface area contributed by atoms with E-state index in [1.54, 1.807) is 0 Å². The number of anilines is 1. The minimum absolute atomic E-state index is 0.0766. The third-order valence-electron chi connectivity index (χ3n) is 4.54. The van der Waals surface area contributed by atoms with Gasteiger partial charge in [-0.3, -0.25) is 9.48 Å². The van der Waals surface area contributed by atoms with Crippen LogP contribution in [0.5, 0.6) is 0 Å². The van der Waals surface area contributed by atoms with Crippen LogP contribution < -0.4 is 5.32 Å². The molecule has 1 amide bonds. The van der Waals surface area contributed by atoms with Gasteiger partial charge < -0.3 is 10.2 Å². The van der Waals surface area contributed by atoms with Crippen LogP contribution in [0.15, 0.2) is 12.3 Å². The van der Waals surface area contributed by atoms with E-state index in [0.29, 0.717) is 23.2 Å². The molecule has 2 unspecified atom stereocenters. The third kappa shape index (κ3) is 4.30. The van der Waals surface area contributed by atoms with Crippen molar-refractivity contribution >= 4 is 11.7 Å². The molecule has 1 aliphatic heterocycles. The lowest BCUT2D eigenvalue weighted by molar-refractivity contribution is -0.114. The van der Waals surface area contributed by atoms with Crippen LogP contribution in [0.3, 0.4) is 0 Å².